The molecule has 1 aliphatic rings. The van der Waals surface area contributed by atoms with Gasteiger partial charge in [-0.15, -0.1) is 0 Å². The zero-order chi connectivity index (χ0) is 6.81. The Kier molecular flexibility index (Phi) is 1.10. The summed E-state index contributed by atoms with van der Waals surface area (Å²) in [5, 5.41) is 0. The van der Waals surface area contributed by atoms with E-state index in [0.29, 0.717) is 18.2 Å². The second-order valence-electron chi connectivity index (χ2n) is 1.83. The maximum Gasteiger partial charge on any atom is 0.197 e. The van der Waals surface area contributed by atoms with Crippen molar-refractivity contribution in [1.82, 2.24) is 9.97 Å². The molecule has 0 atom stereocenters. The van der Waals surface area contributed by atoms with Gasteiger partial charge in [0, 0.05) is 6.21 Å². The van der Waals surface area contributed by atoms with Gasteiger partial charge in [0.05, 0.1) is 6.20 Å². The number of hydrogen-bond acceptors (Lipinski definition) is 4. The molecule has 0 saturated carbocycles. The van der Waals surface area contributed by atoms with E-state index < -0.39 is 0 Å². The van der Waals surface area contributed by atoms with Gasteiger partial charge in [-0.25, -0.2) is 15.0 Å². The van der Waals surface area contributed by atoms with Gasteiger partial charge in [0.1, 0.15) is 12.9 Å². The Morgan fingerprint density at radius 1 is 1.50 bits per heavy atom. The standard InChI is InChI=1S/C6H5N3O/c1-2-10-5-3-7-4-9-6(5)8-1/h1,3-4H,2H2. The van der Waals surface area contributed by atoms with Crippen LogP contribution in [0.3, 0.4) is 0 Å². The zero-order valence-electron chi connectivity index (χ0n) is 5.19. The van der Waals surface area contributed by atoms with Gasteiger partial charge in [-0.1, -0.05) is 0 Å². The molecule has 2 rings (SSSR count). The maximum atomic E-state index is 5.15. The van der Waals surface area contributed by atoms with Crippen molar-refractivity contribution in [3.05, 3.63) is 12.5 Å². The average Bonchev–Trinajstić information content (AvgIpc) is 2.05. The SMILES string of the molecule is C1=Nc2ncncc2OC1. The van der Waals surface area contributed by atoms with Crippen molar-refractivity contribution in [3.8, 4) is 5.75 Å². The van der Waals surface area contributed by atoms with Crippen LogP contribution < -0.4 is 4.74 Å². The molecule has 0 aromatic carbocycles. The zero-order valence-corrected chi connectivity index (χ0v) is 5.19. The van der Waals surface area contributed by atoms with Gasteiger partial charge >= 0.3 is 0 Å². The molecule has 0 amide bonds. The van der Waals surface area contributed by atoms with Gasteiger partial charge in [0.25, 0.3) is 0 Å². The van der Waals surface area contributed by atoms with E-state index in [4.69, 9.17) is 4.74 Å². The molecule has 2 heterocycles. The summed E-state index contributed by atoms with van der Waals surface area (Å²) in [6, 6.07) is 0. The molecular formula is C6H5N3O. The topological polar surface area (TPSA) is 47.4 Å². The Hall–Kier alpha value is -1.45. The second-order valence-corrected chi connectivity index (χ2v) is 1.83. The minimum atomic E-state index is 0.514. The van der Waals surface area contributed by atoms with Crippen LogP contribution in [0.25, 0.3) is 0 Å². The molecular weight excluding hydrogens is 130 g/mol. The third-order valence-corrected chi connectivity index (χ3v) is 1.19. The molecule has 1 aromatic heterocycles. The summed E-state index contributed by atoms with van der Waals surface area (Å²) in [6.45, 7) is 0.514. The highest BCUT2D eigenvalue weighted by molar-refractivity contribution is 5.68. The van der Waals surface area contributed by atoms with E-state index in [9.17, 15) is 0 Å². The molecule has 0 fully saturated rings. The van der Waals surface area contributed by atoms with E-state index in [1.165, 1.54) is 6.33 Å². The molecule has 0 bridgehead atoms. The summed E-state index contributed by atoms with van der Waals surface area (Å²) in [7, 11) is 0. The first kappa shape index (κ1) is 5.34. The first-order chi connectivity index (χ1) is 4.97. The summed E-state index contributed by atoms with van der Waals surface area (Å²) < 4.78 is 5.15. The lowest BCUT2D eigenvalue weighted by molar-refractivity contribution is 0.373. The molecule has 0 unspecified atom stereocenters. The van der Waals surface area contributed by atoms with E-state index in [-0.39, 0.29) is 0 Å². The molecule has 4 nitrogen and oxygen atoms in total. The van der Waals surface area contributed by atoms with Crippen molar-refractivity contribution in [2.45, 2.75) is 0 Å². The Morgan fingerprint density at radius 3 is 3.40 bits per heavy atom. The molecule has 50 valence electrons. The summed E-state index contributed by atoms with van der Waals surface area (Å²) >= 11 is 0. The largest absolute Gasteiger partial charge is 0.482 e. The van der Waals surface area contributed by atoms with Crippen LogP contribution in [0, 0.1) is 0 Å². The monoisotopic (exact) mass is 135 g/mol. The second kappa shape index (κ2) is 2.06. The lowest BCUT2D eigenvalue weighted by atomic mass is 10.5. The molecule has 1 aliphatic heterocycles. The quantitative estimate of drug-likeness (QED) is 0.522. The fraction of sp³-hybridized carbons (Fsp3) is 0.167. The van der Waals surface area contributed by atoms with E-state index in [0.717, 1.165) is 0 Å². The van der Waals surface area contributed by atoms with Crippen molar-refractivity contribution < 1.29 is 4.74 Å². The minimum absolute atomic E-state index is 0.514. The third-order valence-electron chi connectivity index (χ3n) is 1.19. The maximum absolute atomic E-state index is 5.15. The molecule has 0 radical (unpaired) electrons. The summed E-state index contributed by atoms with van der Waals surface area (Å²) in [6.07, 6.45) is 4.74. The number of aromatic nitrogens is 2. The van der Waals surface area contributed by atoms with Crippen LogP contribution in [0.4, 0.5) is 5.82 Å². The van der Waals surface area contributed by atoms with E-state index in [2.05, 4.69) is 15.0 Å². The Balaban J connectivity index is 2.54. The van der Waals surface area contributed by atoms with Gasteiger partial charge in [-0.3, -0.25) is 0 Å². The van der Waals surface area contributed by atoms with E-state index in [1.54, 1.807) is 12.4 Å². The third kappa shape index (κ3) is 0.737. The molecule has 10 heavy (non-hydrogen) atoms. The van der Waals surface area contributed by atoms with Crippen LogP contribution in [-0.4, -0.2) is 22.8 Å². The van der Waals surface area contributed by atoms with Gasteiger partial charge in [-0.05, 0) is 0 Å². The smallest absolute Gasteiger partial charge is 0.197 e. The number of nitrogens with zero attached hydrogens (tertiary/aromatic N) is 3. The highest BCUT2D eigenvalue weighted by Gasteiger charge is 2.05. The van der Waals surface area contributed by atoms with Crippen molar-refractivity contribution in [1.29, 1.82) is 0 Å². The van der Waals surface area contributed by atoms with Crippen LogP contribution >= 0.6 is 0 Å². The van der Waals surface area contributed by atoms with Crippen LogP contribution in [0.1, 0.15) is 0 Å². The van der Waals surface area contributed by atoms with Gasteiger partial charge in [0.2, 0.25) is 0 Å². The number of aliphatic imine (C=N–C) groups is 1. The predicted octanol–water partition coefficient (Wildman–Crippen LogP) is 0.571. The highest BCUT2D eigenvalue weighted by atomic mass is 16.5. The van der Waals surface area contributed by atoms with E-state index >= 15 is 0 Å². The van der Waals surface area contributed by atoms with Crippen molar-refractivity contribution in [2.24, 2.45) is 4.99 Å². The van der Waals surface area contributed by atoms with Crippen molar-refractivity contribution in [2.75, 3.05) is 6.61 Å². The van der Waals surface area contributed by atoms with Crippen LogP contribution in [0.5, 0.6) is 5.75 Å². The fourth-order valence-electron chi connectivity index (χ4n) is 0.760. The normalized spacial score (nSPS) is 14.0. The minimum Gasteiger partial charge on any atom is -0.482 e. The molecule has 0 N–H and O–H groups in total. The molecule has 1 aromatic rings. The van der Waals surface area contributed by atoms with Crippen LogP contribution in [0.15, 0.2) is 17.5 Å². The fourth-order valence-corrected chi connectivity index (χ4v) is 0.760. The van der Waals surface area contributed by atoms with Gasteiger partial charge in [-0.2, -0.15) is 0 Å². The Bertz CT molecular complexity index is 271. The first-order valence-corrected chi connectivity index (χ1v) is 2.92. The molecule has 4 heteroatoms. The number of ether oxygens (including phenoxy) is 1. The van der Waals surface area contributed by atoms with Gasteiger partial charge < -0.3 is 4.74 Å². The lowest BCUT2D eigenvalue weighted by Crippen LogP contribution is -2.03. The molecule has 0 saturated heterocycles. The summed E-state index contributed by atoms with van der Waals surface area (Å²) in [5.41, 5.74) is 0. The number of rotatable bonds is 0. The predicted molar refractivity (Wildman–Crippen MR) is 35.7 cm³/mol. The Morgan fingerprint density at radius 2 is 2.50 bits per heavy atom. The number of fused-ring (bicyclic) bond motifs is 1. The van der Waals surface area contributed by atoms with Gasteiger partial charge in [0.15, 0.2) is 11.6 Å². The summed E-state index contributed by atoms with van der Waals surface area (Å²) in [5.74, 6) is 1.27. The lowest BCUT2D eigenvalue weighted by Gasteiger charge is -2.07. The number of hydrogen-bond donors (Lipinski definition) is 0. The first-order valence-electron chi connectivity index (χ1n) is 2.92. The molecule has 0 aliphatic carbocycles. The Labute approximate surface area is 57.6 Å². The van der Waals surface area contributed by atoms with Crippen LogP contribution in [0.2, 0.25) is 0 Å². The van der Waals surface area contributed by atoms with Crippen molar-refractivity contribution in [3.63, 3.8) is 0 Å². The van der Waals surface area contributed by atoms with Crippen molar-refractivity contribution >= 4 is 12.0 Å². The molecule has 0 spiro atoms. The summed E-state index contributed by atoms with van der Waals surface area (Å²) in [4.78, 5) is 11.7. The average molecular weight is 135 g/mol. The van der Waals surface area contributed by atoms with Crippen LogP contribution in [-0.2, 0) is 0 Å². The van der Waals surface area contributed by atoms with E-state index in [1.807, 2.05) is 0 Å². The highest BCUT2D eigenvalue weighted by Crippen LogP contribution is 2.23.